The van der Waals surface area contributed by atoms with Gasteiger partial charge in [0, 0.05) is 11.5 Å². The van der Waals surface area contributed by atoms with Crippen molar-refractivity contribution >= 4 is 0 Å². The number of halogens is 1. The lowest BCUT2D eigenvalue weighted by molar-refractivity contribution is 0.432. The molecule has 1 aromatic heterocycles. The SMILES string of the molecule is Oc1cc(-c2cnc(C3CC3)[nH]2)ccc1F. The maximum absolute atomic E-state index is 12.9. The molecule has 3 rings (SSSR count). The second kappa shape index (κ2) is 3.33. The van der Waals surface area contributed by atoms with E-state index in [9.17, 15) is 9.50 Å². The van der Waals surface area contributed by atoms with Crippen LogP contribution in [0.2, 0.25) is 0 Å². The largest absolute Gasteiger partial charge is 0.505 e. The number of hydrogen-bond acceptors (Lipinski definition) is 2. The van der Waals surface area contributed by atoms with Crippen LogP contribution in [0.5, 0.6) is 5.75 Å². The van der Waals surface area contributed by atoms with Gasteiger partial charge < -0.3 is 10.1 Å². The Bertz CT molecular complexity index is 532. The third-order valence-corrected chi connectivity index (χ3v) is 2.82. The van der Waals surface area contributed by atoms with Gasteiger partial charge in [-0.15, -0.1) is 0 Å². The summed E-state index contributed by atoms with van der Waals surface area (Å²) in [5.41, 5.74) is 1.57. The summed E-state index contributed by atoms with van der Waals surface area (Å²) < 4.78 is 12.9. The zero-order valence-electron chi connectivity index (χ0n) is 8.57. The van der Waals surface area contributed by atoms with Crippen LogP contribution in [0.4, 0.5) is 4.39 Å². The smallest absolute Gasteiger partial charge is 0.164 e. The normalized spacial score (nSPS) is 15.3. The molecule has 3 nitrogen and oxygen atoms in total. The Morgan fingerprint density at radius 3 is 2.88 bits per heavy atom. The molecule has 0 amide bonds. The highest BCUT2D eigenvalue weighted by atomic mass is 19.1. The van der Waals surface area contributed by atoms with E-state index in [1.54, 1.807) is 12.3 Å². The van der Waals surface area contributed by atoms with Gasteiger partial charge in [-0.1, -0.05) is 0 Å². The second-order valence-corrected chi connectivity index (χ2v) is 4.12. The van der Waals surface area contributed by atoms with Crippen molar-refractivity contribution in [2.24, 2.45) is 0 Å². The number of nitrogens with zero attached hydrogens (tertiary/aromatic N) is 1. The molecule has 0 atom stereocenters. The predicted octanol–water partition coefficient (Wildman–Crippen LogP) is 2.80. The van der Waals surface area contributed by atoms with E-state index in [2.05, 4.69) is 9.97 Å². The van der Waals surface area contributed by atoms with Crippen LogP contribution < -0.4 is 0 Å². The van der Waals surface area contributed by atoms with E-state index in [1.165, 1.54) is 25.0 Å². The molecule has 82 valence electrons. The van der Waals surface area contributed by atoms with Gasteiger partial charge in [0.1, 0.15) is 5.82 Å². The van der Waals surface area contributed by atoms with Gasteiger partial charge in [0.15, 0.2) is 11.6 Å². The third-order valence-electron chi connectivity index (χ3n) is 2.82. The van der Waals surface area contributed by atoms with E-state index < -0.39 is 5.82 Å². The van der Waals surface area contributed by atoms with Crippen LogP contribution in [0.25, 0.3) is 11.3 Å². The van der Waals surface area contributed by atoms with Crippen molar-refractivity contribution in [1.82, 2.24) is 9.97 Å². The first-order chi connectivity index (χ1) is 7.74. The number of hydrogen-bond donors (Lipinski definition) is 2. The van der Waals surface area contributed by atoms with E-state index in [0.717, 1.165) is 17.1 Å². The molecule has 1 aromatic carbocycles. The minimum absolute atomic E-state index is 0.333. The summed E-state index contributed by atoms with van der Waals surface area (Å²) >= 11 is 0. The van der Waals surface area contributed by atoms with Crippen LogP contribution in [0, 0.1) is 5.82 Å². The number of phenols is 1. The van der Waals surface area contributed by atoms with Crippen molar-refractivity contribution in [2.75, 3.05) is 0 Å². The summed E-state index contributed by atoms with van der Waals surface area (Å²) in [4.78, 5) is 7.47. The number of aromatic hydroxyl groups is 1. The van der Waals surface area contributed by atoms with Gasteiger partial charge in [-0.05, 0) is 31.0 Å². The van der Waals surface area contributed by atoms with E-state index in [0.29, 0.717) is 5.92 Å². The van der Waals surface area contributed by atoms with Crippen molar-refractivity contribution in [3.8, 4) is 17.0 Å². The molecule has 2 aromatic rings. The van der Waals surface area contributed by atoms with Crippen LogP contribution in [0.1, 0.15) is 24.6 Å². The Balaban J connectivity index is 1.97. The van der Waals surface area contributed by atoms with E-state index in [-0.39, 0.29) is 5.75 Å². The number of H-pyrrole nitrogens is 1. The Morgan fingerprint density at radius 2 is 2.19 bits per heavy atom. The topological polar surface area (TPSA) is 48.9 Å². The molecule has 0 unspecified atom stereocenters. The number of nitrogens with one attached hydrogen (secondary N) is 1. The van der Waals surface area contributed by atoms with E-state index in [1.807, 2.05) is 0 Å². The van der Waals surface area contributed by atoms with Crippen molar-refractivity contribution in [2.45, 2.75) is 18.8 Å². The zero-order valence-corrected chi connectivity index (χ0v) is 8.57. The number of rotatable bonds is 2. The average molecular weight is 218 g/mol. The monoisotopic (exact) mass is 218 g/mol. The highest BCUT2D eigenvalue weighted by Crippen LogP contribution is 2.39. The van der Waals surface area contributed by atoms with Crippen molar-refractivity contribution in [3.63, 3.8) is 0 Å². The van der Waals surface area contributed by atoms with E-state index >= 15 is 0 Å². The van der Waals surface area contributed by atoms with Crippen molar-refractivity contribution in [3.05, 3.63) is 36.0 Å². The summed E-state index contributed by atoms with van der Waals surface area (Å²) in [5, 5.41) is 9.28. The Labute approximate surface area is 92.0 Å². The van der Waals surface area contributed by atoms with Crippen molar-refractivity contribution in [1.29, 1.82) is 0 Å². The molecule has 0 spiro atoms. The van der Waals surface area contributed by atoms with Gasteiger partial charge in [-0.2, -0.15) is 0 Å². The van der Waals surface area contributed by atoms with Crippen LogP contribution in [-0.2, 0) is 0 Å². The quantitative estimate of drug-likeness (QED) is 0.814. The molecule has 0 saturated heterocycles. The Kier molecular flexibility index (Phi) is 1.96. The lowest BCUT2D eigenvalue weighted by atomic mass is 10.1. The van der Waals surface area contributed by atoms with Gasteiger partial charge in [0.2, 0.25) is 0 Å². The van der Waals surface area contributed by atoms with Crippen LogP contribution in [0.15, 0.2) is 24.4 Å². The Hall–Kier alpha value is -1.84. The molecule has 1 heterocycles. The van der Waals surface area contributed by atoms with E-state index in [4.69, 9.17) is 0 Å². The fraction of sp³-hybridized carbons (Fsp3) is 0.250. The maximum Gasteiger partial charge on any atom is 0.164 e. The average Bonchev–Trinajstić information content (AvgIpc) is 3.01. The molecule has 0 aliphatic heterocycles. The highest BCUT2D eigenvalue weighted by molar-refractivity contribution is 5.60. The molecule has 4 heteroatoms. The molecule has 1 saturated carbocycles. The predicted molar refractivity (Wildman–Crippen MR) is 57.6 cm³/mol. The van der Waals surface area contributed by atoms with Crippen molar-refractivity contribution < 1.29 is 9.50 Å². The third kappa shape index (κ3) is 1.56. The molecule has 2 N–H and O–H groups in total. The number of imidazole rings is 1. The summed E-state index contributed by atoms with van der Waals surface area (Å²) in [6, 6.07) is 4.28. The highest BCUT2D eigenvalue weighted by Gasteiger charge is 2.26. The molecule has 16 heavy (non-hydrogen) atoms. The molecular weight excluding hydrogens is 207 g/mol. The fourth-order valence-electron chi connectivity index (χ4n) is 1.73. The second-order valence-electron chi connectivity index (χ2n) is 4.12. The molecule has 1 aliphatic rings. The molecule has 1 aliphatic carbocycles. The first-order valence-corrected chi connectivity index (χ1v) is 5.28. The number of aromatic nitrogens is 2. The summed E-state index contributed by atoms with van der Waals surface area (Å²) in [5.74, 6) is 0.604. The first kappa shape index (κ1) is 9.39. The number of phenolic OH excluding ortho intramolecular Hbond substituents is 1. The number of aromatic amines is 1. The molecular formula is C12H11FN2O. The summed E-state index contributed by atoms with van der Waals surface area (Å²) in [6.07, 6.45) is 4.09. The van der Waals surface area contributed by atoms with Gasteiger partial charge in [0.05, 0.1) is 11.9 Å². The van der Waals surface area contributed by atoms with Gasteiger partial charge in [0.25, 0.3) is 0 Å². The van der Waals surface area contributed by atoms with Crippen LogP contribution in [-0.4, -0.2) is 15.1 Å². The lowest BCUT2D eigenvalue weighted by Crippen LogP contribution is -1.83. The standard InChI is InChI=1S/C12H11FN2O/c13-9-4-3-8(5-11(9)16)10-6-14-12(15-10)7-1-2-7/h3-7,16H,1-2H2,(H,14,15). The Morgan fingerprint density at radius 1 is 1.38 bits per heavy atom. The molecule has 0 radical (unpaired) electrons. The minimum Gasteiger partial charge on any atom is -0.505 e. The maximum atomic E-state index is 12.9. The first-order valence-electron chi connectivity index (χ1n) is 5.28. The minimum atomic E-state index is -0.606. The number of benzene rings is 1. The van der Waals surface area contributed by atoms with Gasteiger partial charge >= 0.3 is 0 Å². The lowest BCUT2D eigenvalue weighted by Gasteiger charge is -1.99. The van der Waals surface area contributed by atoms with Gasteiger partial charge in [-0.25, -0.2) is 9.37 Å². The van der Waals surface area contributed by atoms with Crippen LogP contribution in [0.3, 0.4) is 0 Å². The fourth-order valence-corrected chi connectivity index (χ4v) is 1.73. The molecule has 0 bridgehead atoms. The van der Waals surface area contributed by atoms with Gasteiger partial charge in [-0.3, -0.25) is 0 Å². The summed E-state index contributed by atoms with van der Waals surface area (Å²) in [6.45, 7) is 0. The zero-order chi connectivity index (χ0) is 11.1. The summed E-state index contributed by atoms with van der Waals surface area (Å²) in [7, 11) is 0. The van der Waals surface area contributed by atoms with Crippen LogP contribution >= 0.6 is 0 Å². The molecule has 1 fully saturated rings.